The molecular formula is C16H27NO2. The number of hydrogen-bond donors (Lipinski definition) is 1. The summed E-state index contributed by atoms with van der Waals surface area (Å²) in [7, 11) is 0. The Bertz CT molecular complexity index is 342. The van der Waals surface area contributed by atoms with Crippen molar-refractivity contribution in [2.24, 2.45) is 29.4 Å². The zero-order chi connectivity index (χ0) is 13.4. The van der Waals surface area contributed by atoms with Crippen LogP contribution in [0.1, 0.15) is 58.3 Å². The van der Waals surface area contributed by atoms with E-state index < -0.39 is 0 Å². The van der Waals surface area contributed by atoms with Crippen LogP contribution in [0.15, 0.2) is 0 Å². The van der Waals surface area contributed by atoms with Gasteiger partial charge in [0.1, 0.15) is 6.10 Å². The Hall–Kier alpha value is -0.570. The predicted octanol–water partition coefficient (Wildman–Crippen LogP) is 2.87. The van der Waals surface area contributed by atoms with E-state index in [-0.39, 0.29) is 24.0 Å². The largest absolute Gasteiger partial charge is 0.462 e. The van der Waals surface area contributed by atoms with Crippen molar-refractivity contribution in [1.29, 1.82) is 0 Å². The normalized spacial score (nSPS) is 45.4. The van der Waals surface area contributed by atoms with E-state index in [2.05, 4.69) is 6.92 Å². The molecule has 0 spiro atoms. The molecule has 0 aromatic rings. The molecule has 3 nitrogen and oxygen atoms in total. The smallest absolute Gasteiger partial charge is 0.311 e. The Morgan fingerprint density at radius 3 is 2.58 bits per heavy atom. The van der Waals surface area contributed by atoms with Crippen molar-refractivity contribution in [2.75, 3.05) is 0 Å². The predicted molar refractivity (Wildman–Crippen MR) is 74.4 cm³/mol. The summed E-state index contributed by atoms with van der Waals surface area (Å²) in [4.78, 5) is 12.5. The average Bonchev–Trinajstić information content (AvgIpc) is 3.00. The van der Waals surface area contributed by atoms with Crippen LogP contribution in [0.2, 0.25) is 0 Å². The third-order valence-corrected chi connectivity index (χ3v) is 5.88. The first kappa shape index (κ1) is 13.4. The Labute approximate surface area is 116 Å². The van der Waals surface area contributed by atoms with E-state index in [0.29, 0.717) is 17.8 Å². The molecule has 0 amide bonds. The minimum Gasteiger partial charge on any atom is -0.462 e. The summed E-state index contributed by atoms with van der Waals surface area (Å²) in [5.74, 6) is 1.68. The van der Waals surface area contributed by atoms with Gasteiger partial charge in [-0.15, -0.1) is 0 Å². The van der Waals surface area contributed by atoms with Crippen molar-refractivity contribution in [3.63, 3.8) is 0 Å². The second-order valence-corrected chi connectivity index (χ2v) is 6.86. The minimum atomic E-state index is -0.00168. The van der Waals surface area contributed by atoms with Gasteiger partial charge in [0.25, 0.3) is 0 Å². The van der Waals surface area contributed by atoms with Crippen molar-refractivity contribution >= 4 is 5.97 Å². The van der Waals surface area contributed by atoms with Gasteiger partial charge in [-0.3, -0.25) is 4.79 Å². The van der Waals surface area contributed by atoms with E-state index >= 15 is 0 Å². The van der Waals surface area contributed by atoms with Gasteiger partial charge in [-0.05, 0) is 62.7 Å². The lowest BCUT2D eigenvalue weighted by Gasteiger charge is -2.33. The van der Waals surface area contributed by atoms with Crippen LogP contribution in [-0.4, -0.2) is 18.1 Å². The quantitative estimate of drug-likeness (QED) is 0.798. The molecule has 6 unspecified atom stereocenters. The number of hydrogen-bond acceptors (Lipinski definition) is 3. The highest BCUT2D eigenvalue weighted by atomic mass is 16.5. The SMILES string of the molecule is CCC1CCCCC1OC(=O)C1C2CCC(C2)C1N. The van der Waals surface area contributed by atoms with Crippen molar-refractivity contribution in [3.05, 3.63) is 0 Å². The maximum Gasteiger partial charge on any atom is 0.311 e. The fourth-order valence-electron chi connectivity index (χ4n) is 4.71. The third kappa shape index (κ3) is 2.42. The van der Waals surface area contributed by atoms with Gasteiger partial charge in [0.05, 0.1) is 5.92 Å². The number of carbonyl (C=O) groups is 1. The maximum absolute atomic E-state index is 12.5. The summed E-state index contributed by atoms with van der Waals surface area (Å²) in [6.45, 7) is 2.21. The van der Waals surface area contributed by atoms with E-state index in [1.165, 1.54) is 32.1 Å². The van der Waals surface area contributed by atoms with Gasteiger partial charge in [0.2, 0.25) is 0 Å². The second kappa shape index (κ2) is 5.43. The minimum absolute atomic E-state index is 0.00168. The van der Waals surface area contributed by atoms with Gasteiger partial charge in [0.15, 0.2) is 0 Å². The van der Waals surface area contributed by atoms with Gasteiger partial charge >= 0.3 is 5.97 Å². The number of fused-ring (bicyclic) bond motifs is 2. The zero-order valence-electron chi connectivity index (χ0n) is 12.0. The number of nitrogens with two attached hydrogens (primary N) is 1. The summed E-state index contributed by atoms with van der Waals surface area (Å²) in [6, 6.07) is 0.0647. The summed E-state index contributed by atoms with van der Waals surface area (Å²) in [5, 5.41) is 0. The number of carbonyl (C=O) groups excluding carboxylic acids is 1. The fourth-order valence-corrected chi connectivity index (χ4v) is 4.71. The van der Waals surface area contributed by atoms with Crippen LogP contribution in [0.5, 0.6) is 0 Å². The lowest BCUT2D eigenvalue weighted by molar-refractivity contribution is -0.161. The molecule has 3 fully saturated rings. The molecule has 6 atom stereocenters. The first-order valence-corrected chi connectivity index (χ1v) is 8.16. The zero-order valence-corrected chi connectivity index (χ0v) is 12.0. The highest BCUT2D eigenvalue weighted by molar-refractivity contribution is 5.74. The van der Waals surface area contributed by atoms with E-state index in [4.69, 9.17) is 10.5 Å². The van der Waals surface area contributed by atoms with Crippen LogP contribution >= 0.6 is 0 Å². The molecule has 0 radical (unpaired) electrons. The molecule has 3 saturated carbocycles. The molecule has 19 heavy (non-hydrogen) atoms. The molecule has 3 rings (SSSR count). The van der Waals surface area contributed by atoms with Crippen LogP contribution in [-0.2, 0) is 9.53 Å². The van der Waals surface area contributed by atoms with E-state index in [0.717, 1.165) is 19.3 Å². The standard InChI is InChI=1S/C16H27NO2/c1-2-10-5-3-4-6-13(10)19-16(18)14-11-7-8-12(9-11)15(14)17/h10-15H,2-9,17H2,1H3. The Morgan fingerprint density at radius 2 is 1.89 bits per heavy atom. The summed E-state index contributed by atoms with van der Waals surface area (Å²) in [6.07, 6.45) is 9.62. The van der Waals surface area contributed by atoms with E-state index in [1.807, 2.05) is 0 Å². The highest BCUT2D eigenvalue weighted by Crippen LogP contribution is 2.48. The van der Waals surface area contributed by atoms with Crippen molar-refractivity contribution < 1.29 is 9.53 Å². The molecule has 0 aromatic carbocycles. The van der Waals surface area contributed by atoms with Crippen LogP contribution < -0.4 is 5.73 Å². The molecule has 3 heteroatoms. The number of ether oxygens (including phenoxy) is 1. The Kier molecular flexibility index (Phi) is 3.84. The lowest BCUT2D eigenvalue weighted by atomic mass is 9.83. The molecule has 108 valence electrons. The van der Waals surface area contributed by atoms with Gasteiger partial charge in [-0.1, -0.05) is 13.3 Å². The number of rotatable bonds is 3. The topological polar surface area (TPSA) is 52.3 Å². The lowest BCUT2D eigenvalue weighted by Crippen LogP contribution is -2.43. The average molecular weight is 265 g/mol. The van der Waals surface area contributed by atoms with E-state index in [1.54, 1.807) is 0 Å². The van der Waals surface area contributed by atoms with Crippen LogP contribution in [0.4, 0.5) is 0 Å². The molecule has 0 saturated heterocycles. The monoisotopic (exact) mass is 265 g/mol. The second-order valence-electron chi connectivity index (χ2n) is 6.86. The summed E-state index contributed by atoms with van der Waals surface area (Å²) in [5.41, 5.74) is 6.24. The first-order chi connectivity index (χ1) is 9.20. The van der Waals surface area contributed by atoms with Gasteiger partial charge in [0, 0.05) is 6.04 Å². The first-order valence-electron chi connectivity index (χ1n) is 8.16. The molecule has 2 N–H and O–H groups in total. The number of esters is 1. The Morgan fingerprint density at radius 1 is 1.16 bits per heavy atom. The van der Waals surface area contributed by atoms with Crippen LogP contribution in [0, 0.1) is 23.7 Å². The van der Waals surface area contributed by atoms with Crippen molar-refractivity contribution in [1.82, 2.24) is 0 Å². The van der Waals surface area contributed by atoms with Gasteiger partial charge in [-0.2, -0.15) is 0 Å². The molecule has 0 aromatic heterocycles. The molecule has 3 aliphatic rings. The van der Waals surface area contributed by atoms with Crippen molar-refractivity contribution in [3.8, 4) is 0 Å². The molecule has 3 aliphatic carbocycles. The summed E-state index contributed by atoms with van der Waals surface area (Å²) >= 11 is 0. The maximum atomic E-state index is 12.5. The van der Waals surface area contributed by atoms with Gasteiger partial charge < -0.3 is 10.5 Å². The summed E-state index contributed by atoms with van der Waals surface area (Å²) < 4.78 is 5.88. The molecule has 0 heterocycles. The van der Waals surface area contributed by atoms with Crippen LogP contribution in [0.25, 0.3) is 0 Å². The van der Waals surface area contributed by atoms with Crippen molar-refractivity contribution in [2.45, 2.75) is 70.4 Å². The third-order valence-electron chi connectivity index (χ3n) is 5.88. The van der Waals surface area contributed by atoms with Gasteiger partial charge in [-0.25, -0.2) is 0 Å². The molecular weight excluding hydrogens is 238 g/mol. The molecule has 2 bridgehead atoms. The van der Waals surface area contributed by atoms with E-state index in [9.17, 15) is 4.79 Å². The highest BCUT2D eigenvalue weighted by Gasteiger charge is 2.50. The van der Waals surface area contributed by atoms with Crippen LogP contribution in [0.3, 0.4) is 0 Å². The Balaban J connectivity index is 1.61. The molecule has 0 aliphatic heterocycles. The fraction of sp³-hybridized carbons (Fsp3) is 0.938.